The first kappa shape index (κ1) is 16.9. The van der Waals surface area contributed by atoms with Crippen LogP contribution in [0, 0.1) is 11.3 Å². The highest BCUT2D eigenvalue weighted by atomic mass is 32.1. The number of likely N-dealkylation sites (N-methyl/N-ethyl adjacent to an activating group) is 1. The van der Waals surface area contributed by atoms with Crippen molar-refractivity contribution in [3.8, 4) is 11.8 Å². The summed E-state index contributed by atoms with van der Waals surface area (Å²) < 4.78 is 6.63. The van der Waals surface area contributed by atoms with Gasteiger partial charge in [-0.3, -0.25) is 4.79 Å². The van der Waals surface area contributed by atoms with Crippen molar-refractivity contribution in [1.82, 2.24) is 9.88 Å². The summed E-state index contributed by atoms with van der Waals surface area (Å²) in [6.45, 7) is 1.90. The minimum absolute atomic E-state index is 0.0579. The molecule has 2 aromatic carbocycles. The van der Waals surface area contributed by atoms with Crippen LogP contribution in [0.5, 0.6) is 5.75 Å². The first-order valence-electron chi connectivity index (χ1n) is 7.82. The number of carbonyl (C=O) groups is 1. The van der Waals surface area contributed by atoms with Gasteiger partial charge >= 0.3 is 0 Å². The fraction of sp³-hybridized carbons (Fsp3) is 0.211. The van der Waals surface area contributed by atoms with Gasteiger partial charge in [-0.2, -0.15) is 5.26 Å². The number of nitriles is 1. The van der Waals surface area contributed by atoms with E-state index in [1.807, 2.05) is 37.3 Å². The van der Waals surface area contributed by atoms with Gasteiger partial charge in [0.25, 0.3) is 5.91 Å². The Kier molecular flexibility index (Phi) is 4.96. The van der Waals surface area contributed by atoms with Crippen LogP contribution in [-0.4, -0.2) is 29.4 Å². The number of carbonyl (C=O) groups excluding carboxylic acids is 1. The molecule has 3 aromatic rings. The molecule has 0 aliphatic carbocycles. The van der Waals surface area contributed by atoms with Crippen molar-refractivity contribution < 1.29 is 9.53 Å². The third-order valence-corrected chi connectivity index (χ3v) is 5.19. The molecule has 1 atom stereocenters. The lowest BCUT2D eigenvalue weighted by Gasteiger charge is -2.23. The van der Waals surface area contributed by atoms with Crippen molar-refractivity contribution in [3.63, 3.8) is 0 Å². The Morgan fingerprint density at radius 3 is 2.68 bits per heavy atom. The number of amides is 1. The van der Waals surface area contributed by atoms with Crippen LogP contribution in [0.15, 0.2) is 48.5 Å². The van der Waals surface area contributed by atoms with E-state index in [4.69, 9.17) is 10.00 Å². The van der Waals surface area contributed by atoms with Crippen LogP contribution in [0.1, 0.15) is 23.5 Å². The fourth-order valence-corrected chi connectivity index (χ4v) is 3.39. The second-order valence-electron chi connectivity index (χ2n) is 5.63. The second-order valence-corrected chi connectivity index (χ2v) is 6.69. The van der Waals surface area contributed by atoms with E-state index in [1.54, 1.807) is 47.5 Å². The summed E-state index contributed by atoms with van der Waals surface area (Å²) in [5, 5.41) is 9.68. The van der Waals surface area contributed by atoms with E-state index in [1.165, 1.54) is 0 Å². The molecule has 1 aromatic heterocycles. The van der Waals surface area contributed by atoms with Crippen molar-refractivity contribution in [2.75, 3.05) is 13.7 Å². The number of hydrogen-bond acceptors (Lipinski definition) is 5. The molecule has 126 valence electrons. The zero-order valence-corrected chi connectivity index (χ0v) is 14.8. The largest absolute Gasteiger partial charge is 0.484 e. The van der Waals surface area contributed by atoms with Crippen LogP contribution in [0.4, 0.5) is 0 Å². The summed E-state index contributed by atoms with van der Waals surface area (Å²) in [5.74, 6) is 0.435. The van der Waals surface area contributed by atoms with E-state index in [-0.39, 0.29) is 18.6 Å². The maximum Gasteiger partial charge on any atom is 0.260 e. The highest BCUT2D eigenvalue weighted by Gasteiger charge is 2.21. The van der Waals surface area contributed by atoms with E-state index in [0.717, 1.165) is 15.2 Å². The van der Waals surface area contributed by atoms with Gasteiger partial charge in [-0.15, -0.1) is 11.3 Å². The van der Waals surface area contributed by atoms with E-state index >= 15 is 0 Å². The average molecular weight is 351 g/mol. The second kappa shape index (κ2) is 7.32. The highest BCUT2D eigenvalue weighted by molar-refractivity contribution is 7.18. The molecule has 0 radical (unpaired) electrons. The van der Waals surface area contributed by atoms with Crippen LogP contribution in [0.2, 0.25) is 0 Å². The molecule has 0 saturated carbocycles. The molecule has 5 nitrogen and oxygen atoms in total. The molecular formula is C19H17N3O2S. The molecule has 0 aliphatic heterocycles. The number of para-hydroxylation sites is 1. The summed E-state index contributed by atoms with van der Waals surface area (Å²) in [4.78, 5) is 18.6. The molecule has 0 spiro atoms. The van der Waals surface area contributed by atoms with Gasteiger partial charge in [0, 0.05) is 7.05 Å². The van der Waals surface area contributed by atoms with Crippen LogP contribution in [-0.2, 0) is 4.79 Å². The standard InChI is InChI=1S/C19H17N3O2S/c1-13(19-21-16-5-3-4-6-17(16)25-19)22(2)18(23)12-24-15-9-7-14(11-20)8-10-15/h3-10,13H,12H2,1-2H3. The van der Waals surface area contributed by atoms with E-state index < -0.39 is 0 Å². The summed E-state index contributed by atoms with van der Waals surface area (Å²) in [6, 6.07) is 16.5. The zero-order valence-electron chi connectivity index (χ0n) is 14.0. The summed E-state index contributed by atoms with van der Waals surface area (Å²) in [6.07, 6.45) is 0. The lowest BCUT2D eigenvalue weighted by molar-refractivity contribution is -0.134. The molecule has 1 amide bonds. The number of nitrogens with zero attached hydrogens (tertiary/aromatic N) is 3. The van der Waals surface area contributed by atoms with E-state index in [0.29, 0.717) is 11.3 Å². The predicted molar refractivity (Wildman–Crippen MR) is 97.5 cm³/mol. The Morgan fingerprint density at radius 2 is 2.00 bits per heavy atom. The topological polar surface area (TPSA) is 66.2 Å². The molecule has 1 heterocycles. The van der Waals surface area contributed by atoms with Crippen LogP contribution in [0.25, 0.3) is 10.2 Å². The van der Waals surface area contributed by atoms with Gasteiger partial charge in [-0.1, -0.05) is 12.1 Å². The molecule has 0 N–H and O–H groups in total. The van der Waals surface area contributed by atoms with E-state index in [2.05, 4.69) is 4.98 Å². The fourth-order valence-electron chi connectivity index (χ4n) is 2.32. The average Bonchev–Trinajstić information content (AvgIpc) is 3.09. The zero-order chi connectivity index (χ0) is 17.8. The first-order chi connectivity index (χ1) is 12.1. The van der Waals surface area contributed by atoms with Gasteiger partial charge in [-0.25, -0.2) is 4.98 Å². The highest BCUT2D eigenvalue weighted by Crippen LogP contribution is 2.28. The van der Waals surface area contributed by atoms with Crippen molar-refractivity contribution >= 4 is 27.5 Å². The molecular weight excluding hydrogens is 334 g/mol. The minimum atomic E-state index is -0.130. The predicted octanol–water partition coefficient (Wildman–Crippen LogP) is 3.77. The van der Waals surface area contributed by atoms with Gasteiger partial charge in [0.1, 0.15) is 10.8 Å². The molecule has 0 fully saturated rings. The Morgan fingerprint density at radius 1 is 1.28 bits per heavy atom. The van der Waals surface area contributed by atoms with Crippen LogP contribution in [0.3, 0.4) is 0 Å². The Hall–Kier alpha value is -2.91. The number of hydrogen-bond donors (Lipinski definition) is 0. The molecule has 0 aliphatic rings. The van der Waals surface area contributed by atoms with Gasteiger partial charge in [-0.05, 0) is 43.3 Å². The molecule has 25 heavy (non-hydrogen) atoms. The monoisotopic (exact) mass is 351 g/mol. The van der Waals surface area contributed by atoms with Crippen molar-refractivity contribution in [3.05, 3.63) is 59.1 Å². The van der Waals surface area contributed by atoms with Gasteiger partial charge < -0.3 is 9.64 Å². The number of benzene rings is 2. The molecule has 1 unspecified atom stereocenters. The van der Waals surface area contributed by atoms with Crippen LogP contribution < -0.4 is 4.74 Å². The van der Waals surface area contributed by atoms with Crippen LogP contribution >= 0.6 is 11.3 Å². The Bertz CT molecular complexity index is 895. The van der Waals surface area contributed by atoms with Crippen molar-refractivity contribution in [1.29, 1.82) is 5.26 Å². The maximum absolute atomic E-state index is 12.4. The normalized spacial score (nSPS) is 11.7. The summed E-state index contributed by atoms with van der Waals surface area (Å²) >= 11 is 1.59. The lowest BCUT2D eigenvalue weighted by Crippen LogP contribution is -2.33. The number of thiazole rings is 1. The van der Waals surface area contributed by atoms with Gasteiger partial charge in [0.05, 0.1) is 27.9 Å². The summed E-state index contributed by atoms with van der Waals surface area (Å²) in [5.41, 5.74) is 1.50. The smallest absolute Gasteiger partial charge is 0.260 e. The third-order valence-electron chi connectivity index (χ3n) is 3.99. The Balaban J connectivity index is 1.63. The Labute approximate surface area is 150 Å². The minimum Gasteiger partial charge on any atom is -0.484 e. The quantitative estimate of drug-likeness (QED) is 0.702. The summed E-state index contributed by atoms with van der Waals surface area (Å²) in [7, 11) is 1.75. The van der Waals surface area contributed by atoms with Crippen molar-refractivity contribution in [2.45, 2.75) is 13.0 Å². The maximum atomic E-state index is 12.4. The van der Waals surface area contributed by atoms with Gasteiger partial charge in [0.2, 0.25) is 0 Å². The molecule has 3 rings (SSSR count). The number of fused-ring (bicyclic) bond motifs is 1. The van der Waals surface area contributed by atoms with Crippen molar-refractivity contribution in [2.24, 2.45) is 0 Å². The number of aromatic nitrogens is 1. The van der Waals surface area contributed by atoms with E-state index in [9.17, 15) is 4.79 Å². The first-order valence-corrected chi connectivity index (χ1v) is 8.64. The van der Waals surface area contributed by atoms with Gasteiger partial charge in [0.15, 0.2) is 6.61 Å². The molecule has 0 bridgehead atoms. The lowest BCUT2D eigenvalue weighted by atomic mass is 10.2. The number of ether oxygens (including phenoxy) is 1. The molecule has 0 saturated heterocycles. The third kappa shape index (κ3) is 3.78. The number of rotatable bonds is 5. The molecule has 6 heteroatoms. The SMILES string of the molecule is CC(c1nc2ccccc2s1)N(C)C(=O)COc1ccc(C#N)cc1.